The highest BCUT2D eigenvalue weighted by Crippen LogP contribution is 2.45. The van der Waals surface area contributed by atoms with Gasteiger partial charge in [0.05, 0.1) is 39.7 Å². The van der Waals surface area contributed by atoms with E-state index in [1.54, 1.807) is 18.3 Å². The number of aliphatic hydroxyl groups is 1. The zero-order valence-electron chi connectivity index (χ0n) is 28.9. The van der Waals surface area contributed by atoms with Gasteiger partial charge >= 0.3 is 5.97 Å². The van der Waals surface area contributed by atoms with Gasteiger partial charge in [-0.25, -0.2) is 9.78 Å². The first-order valence-electron chi connectivity index (χ1n) is 17.4. The van der Waals surface area contributed by atoms with E-state index in [4.69, 9.17) is 26.4 Å². The van der Waals surface area contributed by atoms with Gasteiger partial charge < -0.3 is 19.8 Å². The van der Waals surface area contributed by atoms with Crippen LogP contribution in [-0.2, 0) is 16.1 Å². The molecule has 10 heteroatoms. The van der Waals surface area contributed by atoms with Gasteiger partial charge in [0, 0.05) is 39.1 Å². The number of carbonyl (C=O) groups is 1. The van der Waals surface area contributed by atoms with E-state index in [0.29, 0.717) is 23.0 Å². The van der Waals surface area contributed by atoms with Gasteiger partial charge in [-0.3, -0.25) is 4.68 Å². The second-order valence-electron chi connectivity index (χ2n) is 14.8. The number of aliphatic carboxylic acids is 1. The summed E-state index contributed by atoms with van der Waals surface area (Å²) in [5.41, 5.74) is 6.32. The molecule has 0 bridgehead atoms. The maximum Gasteiger partial charge on any atom is 0.337 e. The maximum atomic E-state index is 12.8. The van der Waals surface area contributed by atoms with Crippen molar-refractivity contribution < 1.29 is 19.7 Å². The molecule has 1 aliphatic heterocycles. The molecule has 1 unspecified atom stereocenters. The van der Waals surface area contributed by atoms with Crippen LogP contribution in [-0.4, -0.2) is 66.7 Å². The molecule has 2 fully saturated rings. The number of carboxylic acids is 1. The fourth-order valence-corrected chi connectivity index (χ4v) is 8.73. The molecule has 258 valence electrons. The number of halogens is 1. The summed E-state index contributed by atoms with van der Waals surface area (Å²) >= 11 is 7.86. The van der Waals surface area contributed by atoms with Crippen LogP contribution >= 0.6 is 22.9 Å². The molecule has 49 heavy (non-hydrogen) atoms. The van der Waals surface area contributed by atoms with Crippen LogP contribution in [0.2, 0.25) is 5.02 Å². The van der Waals surface area contributed by atoms with Gasteiger partial charge in [0.25, 0.3) is 0 Å². The van der Waals surface area contributed by atoms with Crippen LogP contribution < -0.4 is 0 Å². The largest absolute Gasteiger partial charge is 0.479 e. The Morgan fingerprint density at radius 3 is 2.37 bits per heavy atom. The van der Waals surface area contributed by atoms with Gasteiger partial charge in [-0.2, -0.15) is 5.10 Å². The third kappa shape index (κ3) is 6.88. The van der Waals surface area contributed by atoms with E-state index < -0.39 is 23.8 Å². The molecule has 7 rings (SSSR count). The Kier molecular flexibility index (Phi) is 9.34. The van der Waals surface area contributed by atoms with Gasteiger partial charge in [-0.15, -0.1) is 11.3 Å². The van der Waals surface area contributed by atoms with Crippen molar-refractivity contribution in [2.24, 2.45) is 0 Å². The van der Waals surface area contributed by atoms with Crippen LogP contribution in [0.15, 0.2) is 48.5 Å². The van der Waals surface area contributed by atoms with Crippen LogP contribution in [0.4, 0.5) is 0 Å². The average Bonchev–Trinajstić information content (AvgIpc) is 3.60. The molecule has 1 saturated carbocycles. The number of carboxylic acid groups (broad SMARTS) is 1. The lowest BCUT2D eigenvalue weighted by Crippen LogP contribution is -2.44. The van der Waals surface area contributed by atoms with Crippen LogP contribution in [0.1, 0.15) is 88.6 Å². The van der Waals surface area contributed by atoms with Crippen LogP contribution in [0.25, 0.3) is 42.8 Å². The Labute approximate surface area is 296 Å². The molecule has 0 amide bonds. The minimum absolute atomic E-state index is 0.358. The van der Waals surface area contributed by atoms with Crippen molar-refractivity contribution in [1.29, 1.82) is 0 Å². The van der Waals surface area contributed by atoms with Crippen LogP contribution in [0.5, 0.6) is 0 Å². The number of rotatable bonds is 9. The lowest BCUT2D eigenvalue weighted by atomic mass is 9.86. The predicted molar refractivity (Wildman–Crippen MR) is 198 cm³/mol. The highest BCUT2D eigenvalue weighted by Gasteiger charge is 2.33. The molecule has 1 saturated heterocycles. The summed E-state index contributed by atoms with van der Waals surface area (Å²) in [4.78, 5) is 20.6. The third-order valence-electron chi connectivity index (χ3n) is 9.99. The average molecular weight is 701 g/mol. The molecular formula is C39H45ClN4O4S. The molecule has 5 aromatic rings. The number of likely N-dealkylation sites (tertiary alicyclic amines) is 1. The summed E-state index contributed by atoms with van der Waals surface area (Å²) in [6.07, 6.45) is 4.47. The van der Waals surface area contributed by atoms with Crippen molar-refractivity contribution in [2.75, 3.05) is 13.1 Å². The zero-order valence-corrected chi connectivity index (χ0v) is 30.4. The highest BCUT2D eigenvalue weighted by molar-refractivity contribution is 7.22. The molecule has 1 aliphatic carbocycles. The topological polar surface area (TPSA) is 101 Å². The third-order valence-corrected chi connectivity index (χ3v) is 11.4. The number of ether oxygens (including phenoxy) is 1. The van der Waals surface area contributed by atoms with Crippen molar-refractivity contribution in [1.82, 2.24) is 19.7 Å². The number of piperidine rings is 1. The number of aromatic nitrogens is 3. The quantitative estimate of drug-likeness (QED) is 0.158. The highest BCUT2D eigenvalue weighted by atomic mass is 35.5. The summed E-state index contributed by atoms with van der Waals surface area (Å²) in [5.74, 6) is -0.680. The molecule has 2 N–H and O–H groups in total. The van der Waals surface area contributed by atoms with Gasteiger partial charge in [-0.1, -0.05) is 30.2 Å². The van der Waals surface area contributed by atoms with Crippen molar-refractivity contribution in [2.45, 2.75) is 103 Å². The van der Waals surface area contributed by atoms with Crippen molar-refractivity contribution in [3.63, 3.8) is 0 Å². The van der Waals surface area contributed by atoms with Gasteiger partial charge in [0.15, 0.2) is 6.10 Å². The molecule has 2 aromatic heterocycles. The van der Waals surface area contributed by atoms with Gasteiger partial charge in [0.2, 0.25) is 0 Å². The monoisotopic (exact) mass is 700 g/mol. The summed E-state index contributed by atoms with van der Waals surface area (Å²) in [5, 5.41) is 28.5. The Morgan fingerprint density at radius 2 is 1.76 bits per heavy atom. The summed E-state index contributed by atoms with van der Waals surface area (Å²) in [7, 11) is 0. The standard InChI is InChI=1S/C39H45ClN4O4S/c1-22-19-30-36(33(24-9-12-27(40)13-10-24)32(22)35(38(46)47)48-39(3,4)5)49-37(41-30)26-11-14-31-29(20-26)34(42-44(31)21-23(2)45)25-15-17-43(18-16-25)28-7-6-8-28/h9-14,19-20,23,25,28,35,45H,6-8,15-18,21H2,1-5H3,(H,46,47)/t23?,35-/m0/s1. The smallest absolute Gasteiger partial charge is 0.337 e. The molecule has 0 spiro atoms. The van der Waals surface area contributed by atoms with E-state index in [1.165, 1.54) is 19.3 Å². The number of nitrogens with zero attached hydrogens (tertiary/aromatic N) is 4. The number of hydrogen-bond acceptors (Lipinski definition) is 7. The van der Waals surface area contributed by atoms with E-state index in [2.05, 4.69) is 23.1 Å². The van der Waals surface area contributed by atoms with E-state index in [9.17, 15) is 15.0 Å². The number of thiazole rings is 1. The summed E-state index contributed by atoms with van der Waals surface area (Å²) in [6.45, 7) is 12.0. The first-order chi connectivity index (χ1) is 23.4. The fourth-order valence-electron chi connectivity index (χ4n) is 7.48. The Bertz CT molecular complexity index is 2000. The SMILES string of the molecule is Cc1cc2nc(-c3ccc4c(c3)c(C3CCN(C5CCC5)CC3)nn4CC(C)O)sc2c(-c2ccc(Cl)cc2)c1[C@H](OC(C)(C)C)C(=O)O. The fraction of sp³-hybridized carbons (Fsp3) is 0.462. The number of aliphatic hydroxyl groups excluding tert-OH is 1. The lowest BCUT2D eigenvalue weighted by Gasteiger charge is -2.41. The van der Waals surface area contributed by atoms with E-state index in [1.807, 2.05) is 62.7 Å². The lowest BCUT2D eigenvalue weighted by molar-refractivity contribution is -0.160. The predicted octanol–water partition coefficient (Wildman–Crippen LogP) is 9.00. The van der Waals surface area contributed by atoms with E-state index in [-0.39, 0.29) is 0 Å². The molecular weight excluding hydrogens is 656 g/mol. The molecule has 3 aromatic carbocycles. The number of aryl methyl sites for hydroxylation is 1. The first-order valence-corrected chi connectivity index (χ1v) is 18.6. The number of fused-ring (bicyclic) bond motifs is 2. The molecule has 0 radical (unpaired) electrons. The molecule has 2 atom stereocenters. The maximum absolute atomic E-state index is 12.8. The zero-order chi connectivity index (χ0) is 34.6. The minimum Gasteiger partial charge on any atom is -0.479 e. The van der Waals surface area contributed by atoms with E-state index >= 15 is 0 Å². The second kappa shape index (κ2) is 13.4. The molecule has 3 heterocycles. The van der Waals surface area contributed by atoms with E-state index in [0.717, 1.165) is 86.0 Å². The number of hydrogen-bond donors (Lipinski definition) is 2. The Hall–Kier alpha value is -3.34. The minimum atomic E-state index is -1.17. The summed E-state index contributed by atoms with van der Waals surface area (Å²) in [6, 6.07) is 16.7. The van der Waals surface area contributed by atoms with Crippen LogP contribution in [0.3, 0.4) is 0 Å². The number of benzene rings is 3. The Morgan fingerprint density at radius 1 is 1.06 bits per heavy atom. The normalized spacial score (nSPS) is 17.9. The summed E-state index contributed by atoms with van der Waals surface area (Å²) < 4.78 is 9.06. The molecule has 8 nitrogen and oxygen atoms in total. The second-order valence-corrected chi connectivity index (χ2v) is 16.3. The van der Waals surface area contributed by atoms with Crippen molar-refractivity contribution in [3.05, 3.63) is 70.4 Å². The van der Waals surface area contributed by atoms with Crippen molar-refractivity contribution >= 4 is 50.0 Å². The first kappa shape index (κ1) is 34.1. The van der Waals surface area contributed by atoms with Crippen molar-refractivity contribution in [3.8, 4) is 21.7 Å². The van der Waals surface area contributed by atoms with Gasteiger partial charge in [-0.05, 0) is 121 Å². The Balaban J connectivity index is 1.35. The van der Waals surface area contributed by atoms with Crippen LogP contribution in [0, 0.1) is 6.92 Å². The molecule has 2 aliphatic rings. The van der Waals surface area contributed by atoms with Gasteiger partial charge in [0.1, 0.15) is 5.01 Å².